The largest absolute Gasteiger partial charge is 0.480 e. The van der Waals surface area contributed by atoms with Crippen LogP contribution >= 0.6 is 0 Å². The summed E-state index contributed by atoms with van der Waals surface area (Å²) in [5.41, 5.74) is 1.13. The second-order valence-corrected chi connectivity index (χ2v) is 3.48. The lowest BCUT2D eigenvalue weighted by Crippen LogP contribution is -2.37. The highest BCUT2D eigenvalue weighted by Gasteiger charge is 2.23. The minimum atomic E-state index is -0.846. The number of aliphatic carboxylic acids is 1. The van der Waals surface area contributed by atoms with Gasteiger partial charge in [-0.3, -0.25) is 4.99 Å². The molecule has 1 aromatic rings. The second kappa shape index (κ2) is 4.13. The van der Waals surface area contributed by atoms with Crippen molar-refractivity contribution in [1.29, 1.82) is 0 Å². The van der Waals surface area contributed by atoms with Crippen LogP contribution in [-0.2, 0) is 11.2 Å². The van der Waals surface area contributed by atoms with Crippen molar-refractivity contribution in [3.8, 4) is 0 Å². The Morgan fingerprint density at radius 2 is 2.20 bits per heavy atom. The normalized spacial score (nSPS) is 19.5. The first-order valence-electron chi connectivity index (χ1n) is 4.82. The lowest BCUT2D eigenvalue weighted by Gasteiger charge is -2.06. The van der Waals surface area contributed by atoms with Gasteiger partial charge < -0.3 is 10.4 Å². The number of carboxylic acid groups (broad SMARTS) is 1. The highest BCUT2D eigenvalue weighted by atomic mass is 16.4. The van der Waals surface area contributed by atoms with Crippen LogP contribution in [0.4, 0.5) is 0 Å². The molecule has 0 bridgehead atoms. The fourth-order valence-electron chi connectivity index (χ4n) is 1.53. The zero-order valence-corrected chi connectivity index (χ0v) is 8.18. The highest BCUT2D eigenvalue weighted by molar-refractivity contribution is 5.91. The summed E-state index contributed by atoms with van der Waals surface area (Å²) in [5.74, 6) is -0.0876. The molecule has 0 radical (unpaired) electrons. The van der Waals surface area contributed by atoms with Gasteiger partial charge in [-0.1, -0.05) is 30.3 Å². The number of amidine groups is 1. The topological polar surface area (TPSA) is 61.7 Å². The number of carboxylic acids is 1. The molecule has 2 N–H and O–H groups in total. The minimum Gasteiger partial charge on any atom is -0.480 e. The molecule has 1 atom stereocenters. The fourth-order valence-corrected chi connectivity index (χ4v) is 1.53. The van der Waals surface area contributed by atoms with Crippen molar-refractivity contribution in [1.82, 2.24) is 5.32 Å². The van der Waals surface area contributed by atoms with Crippen LogP contribution in [0.3, 0.4) is 0 Å². The number of hydrogen-bond acceptors (Lipinski definition) is 3. The van der Waals surface area contributed by atoms with E-state index in [1.165, 1.54) is 0 Å². The van der Waals surface area contributed by atoms with Crippen LogP contribution in [0.1, 0.15) is 5.56 Å². The minimum absolute atomic E-state index is 0.331. The van der Waals surface area contributed by atoms with Crippen LogP contribution < -0.4 is 5.32 Å². The Hall–Kier alpha value is -1.84. The van der Waals surface area contributed by atoms with E-state index in [-0.39, 0.29) is 0 Å². The maximum Gasteiger partial charge on any atom is 0.328 e. The molecule has 0 fully saturated rings. The zero-order chi connectivity index (χ0) is 10.7. The Morgan fingerprint density at radius 1 is 1.47 bits per heavy atom. The Bertz CT molecular complexity index is 387. The van der Waals surface area contributed by atoms with E-state index in [0.717, 1.165) is 11.4 Å². The van der Waals surface area contributed by atoms with Crippen molar-refractivity contribution < 1.29 is 9.90 Å². The van der Waals surface area contributed by atoms with E-state index < -0.39 is 12.0 Å². The molecule has 4 heteroatoms. The molecule has 0 unspecified atom stereocenters. The third-order valence-corrected chi connectivity index (χ3v) is 2.32. The molecule has 0 saturated heterocycles. The molecule has 15 heavy (non-hydrogen) atoms. The van der Waals surface area contributed by atoms with Gasteiger partial charge in [-0.2, -0.15) is 0 Å². The summed E-state index contributed by atoms with van der Waals surface area (Å²) in [4.78, 5) is 14.8. The van der Waals surface area contributed by atoms with Gasteiger partial charge in [0, 0.05) is 6.42 Å². The van der Waals surface area contributed by atoms with Crippen LogP contribution in [0.2, 0.25) is 0 Å². The predicted molar refractivity (Wildman–Crippen MR) is 57.0 cm³/mol. The quantitative estimate of drug-likeness (QED) is 0.761. The first-order chi connectivity index (χ1) is 7.25. The van der Waals surface area contributed by atoms with Crippen molar-refractivity contribution in [2.45, 2.75) is 12.5 Å². The summed E-state index contributed by atoms with van der Waals surface area (Å²) in [5, 5.41) is 11.7. The molecule has 0 aliphatic carbocycles. The molecule has 1 aliphatic heterocycles. The molecule has 1 aliphatic rings. The van der Waals surface area contributed by atoms with Gasteiger partial charge in [0.2, 0.25) is 0 Å². The van der Waals surface area contributed by atoms with Crippen LogP contribution in [0, 0.1) is 0 Å². The van der Waals surface area contributed by atoms with Crippen LogP contribution in [0.25, 0.3) is 0 Å². The van der Waals surface area contributed by atoms with Gasteiger partial charge in [0.1, 0.15) is 11.9 Å². The van der Waals surface area contributed by atoms with Gasteiger partial charge in [0.15, 0.2) is 0 Å². The van der Waals surface area contributed by atoms with Crippen molar-refractivity contribution in [2.24, 2.45) is 4.99 Å². The van der Waals surface area contributed by atoms with Crippen molar-refractivity contribution in [2.75, 3.05) is 6.54 Å². The Morgan fingerprint density at radius 3 is 2.80 bits per heavy atom. The van der Waals surface area contributed by atoms with E-state index in [1.807, 2.05) is 30.3 Å². The molecule has 4 nitrogen and oxygen atoms in total. The van der Waals surface area contributed by atoms with Crippen molar-refractivity contribution in [3.05, 3.63) is 35.9 Å². The summed E-state index contributed by atoms with van der Waals surface area (Å²) in [6, 6.07) is 9.31. The Balaban J connectivity index is 1.96. The van der Waals surface area contributed by atoms with E-state index in [2.05, 4.69) is 10.3 Å². The molecule has 0 amide bonds. The summed E-state index contributed by atoms with van der Waals surface area (Å²) in [6.45, 7) is 0.331. The van der Waals surface area contributed by atoms with Gasteiger partial charge in [-0.15, -0.1) is 0 Å². The predicted octanol–water partition coefficient (Wildman–Crippen LogP) is 0.684. The van der Waals surface area contributed by atoms with E-state index in [1.54, 1.807) is 0 Å². The summed E-state index contributed by atoms with van der Waals surface area (Å²) >= 11 is 0. The van der Waals surface area contributed by atoms with Crippen LogP contribution in [0.15, 0.2) is 35.3 Å². The van der Waals surface area contributed by atoms with E-state index >= 15 is 0 Å². The number of benzene rings is 1. The molecule has 0 saturated carbocycles. The van der Waals surface area contributed by atoms with Gasteiger partial charge >= 0.3 is 5.97 Å². The van der Waals surface area contributed by atoms with Gasteiger partial charge in [0.05, 0.1) is 6.54 Å². The number of nitrogens with zero attached hydrogens (tertiary/aromatic N) is 1. The van der Waals surface area contributed by atoms with Crippen LogP contribution in [0.5, 0.6) is 0 Å². The van der Waals surface area contributed by atoms with E-state index in [4.69, 9.17) is 5.11 Å². The smallest absolute Gasteiger partial charge is 0.328 e. The number of carbonyl (C=O) groups is 1. The van der Waals surface area contributed by atoms with Gasteiger partial charge in [-0.05, 0) is 5.56 Å². The van der Waals surface area contributed by atoms with Gasteiger partial charge in [-0.25, -0.2) is 4.79 Å². The average molecular weight is 204 g/mol. The maximum absolute atomic E-state index is 10.7. The molecular weight excluding hydrogens is 192 g/mol. The molecule has 1 aromatic carbocycles. The first kappa shape index (κ1) is 9.71. The number of aliphatic imine (C=N–C) groups is 1. The van der Waals surface area contributed by atoms with Crippen LogP contribution in [-0.4, -0.2) is 29.5 Å². The van der Waals surface area contributed by atoms with E-state index in [9.17, 15) is 4.79 Å². The lowest BCUT2D eigenvalue weighted by atomic mass is 10.1. The highest BCUT2D eigenvalue weighted by Crippen LogP contribution is 2.04. The van der Waals surface area contributed by atoms with Gasteiger partial charge in [0.25, 0.3) is 0 Å². The lowest BCUT2D eigenvalue weighted by molar-refractivity contribution is -0.138. The monoisotopic (exact) mass is 204 g/mol. The Kier molecular flexibility index (Phi) is 2.67. The van der Waals surface area contributed by atoms with Crippen molar-refractivity contribution in [3.63, 3.8) is 0 Å². The Labute approximate surface area is 87.7 Å². The molecule has 78 valence electrons. The molecule has 2 rings (SSSR count). The zero-order valence-electron chi connectivity index (χ0n) is 8.18. The SMILES string of the molecule is O=C(O)[C@H]1CN=C(Cc2ccccc2)N1. The number of hydrogen-bond donors (Lipinski definition) is 2. The van der Waals surface area contributed by atoms with Crippen molar-refractivity contribution >= 4 is 11.8 Å². The molecule has 0 spiro atoms. The maximum atomic E-state index is 10.7. The fraction of sp³-hybridized carbons (Fsp3) is 0.273. The molecular formula is C11H12N2O2. The molecule has 1 heterocycles. The third-order valence-electron chi connectivity index (χ3n) is 2.32. The summed E-state index contributed by atoms with van der Waals surface area (Å²) in [6.07, 6.45) is 0.671. The standard InChI is InChI=1S/C11H12N2O2/c14-11(15)9-7-12-10(13-9)6-8-4-2-1-3-5-8/h1-5,9H,6-7H2,(H,12,13)(H,14,15)/t9-/m1/s1. The number of nitrogens with one attached hydrogen (secondary N) is 1. The number of rotatable bonds is 3. The summed E-state index contributed by atoms with van der Waals surface area (Å²) < 4.78 is 0. The average Bonchev–Trinajstić information content (AvgIpc) is 2.68. The first-order valence-corrected chi connectivity index (χ1v) is 4.82. The second-order valence-electron chi connectivity index (χ2n) is 3.48. The molecule has 0 aromatic heterocycles. The summed E-state index contributed by atoms with van der Waals surface area (Å²) in [7, 11) is 0. The third kappa shape index (κ3) is 2.34. The van der Waals surface area contributed by atoms with E-state index in [0.29, 0.717) is 13.0 Å².